The Morgan fingerprint density at radius 2 is 2.30 bits per heavy atom. The largest absolute Gasteiger partial charge is 0.496 e. The van der Waals surface area contributed by atoms with Crippen molar-refractivity contribution in [3.63, 3.8) is 0 Å². The zero-order chi connectivity index (χ0) is 14.6. The van der Waals surface area contributed by atoms with Gasteiger partial charge in [-0.15, -0.1) is 0 Å². The average molecular weight is 363 g/mol. The molecule has 1 aromatic carbocycles. The number of halogens is 1. The molecule has 1 atom stereocenters. The topological polar surface area (TPSA) is 67.4 Å². The summed E-state index contributed by atoms with van der Waals surface area (Å²) in [5, 5.41) is 3.28. The Morgan fingerprint density at radius 1 is 1.50 bits per heavy atom. The van der Waals surface area contributed by atoms with Crippen LogP contribution in [0.1, 0.15) is 12.8 Å². The van der Waals surface area contributed by atoms with E-state index in [1.165, 1.54) is 13.2 Å². The van der Waals surface area contributed by atoms with Gasteiger partial charge < -0.3 is 10.1 Å². The second-order valence-electron chi connectivity index (χ2n) is 4.86. The smallest absolute Gasteiger partial charge is 0.240 e. The van der Waals surface area contributed by atoms with Crippen LogP contribution in [0.25, 0.3) is 0 Å². The van der Waals surface area contributed by atoms with E-state index in [1.54, 1.807) is 12.1 Å². The number of sulfonamides is 1. The maximum Gasteiger partial charge on any atom is 0.240 e. The van der Waals surface area contributed by atoms with Gasteiger partial charge >= 0.3 is 0 Å². The predicted octanol–water partition coefficient (Wildman–Crippen LogP) is 1.74. The first-order valence-electron chi connectivity index (χ1n) is 6.57. The first-order chi connectivity index (χ1) is 9.53. The van der Waals surface area contributed by atoms with Gasteiger partial charge in [-0.1, -0.05) is 0 Å². The molecule has 7 heteroatoms. The number of rotatable bonds is 5. The summed E-state index contributed by atoms with van der Waals surface area (Å²) in [6, 6.07) is 4.76. The molecule has 0 aliphatic carbocycles. The molecular formula is C13H19BrN2O3S. The minimum atomic E-state index is -3.49. The second kappa shape index (κ2) is 6.89. The lowest BCUT2D eigenvalue weighted by Gasteiger charge is -2.22. The van der Waals surface area contributed by atoms with E-state index >= 15 is 0 Å². The lowest BCUT2D eigenvalue weighted by Crippen LogP contribution is -2.38. The predicted molar refractivity (Wildman–Crippen MR) is 81.5 cm³/mol. The summed E-state index contributed by atoms with van der Waals surface area (Å²) in [5.41, 5.74) is 0. The van der Waals surface area contributed by atoms with Crippen molar-refractivity contribution in [1.29, 1.82) is 0 Å². The fraction of sp³-hybridized carbons (Fsp3) is 0.538. The molecule has 1 aliphatic rings. The molecule has 5 nitrogen and oxygen atoms in total. The van der Waals surface area contributed by atoms with Gasteiger partial charge in [0.25, 0.3) is 0 Å². The van der Waals surface area contributed by atoms with Crippen molar-refractivity contribution in [1.82, 2.24) is 10.0 Å². The molecule has 0 spiro atoms. The van der Waals surface area contributed by atoms with E-state index in [0.29, 0.717) is 18.2 Å². The van der Waals surface area contributed by atoms with Crippen LogP contribution in [0, 0.1) is 5.92 Å². The molecule has 0 amide bonds. The maximum absolute atomic E-state index is 12.3. The molecule has 0 bridgehead atoms. The van der Waals surface area contributed by atoms with Crippen molar-refractivity contribution in [2.24, 2.45) is 5.92 Å². The highest BCUT2D eigenvalue weighted by Crippen LogP contribution is 2.27. The van der Waals surface area contributed by atoms with Gasteiger partial charge in [-0.25, -0.2) is 13.1 Å². The summed E-state index contributed by atoms with van der Waals surface area (Å²) in [6.07, 6.45) is 2.15. The molecule has 1 aromatic rings. The first-order valence-corrected chi connectivity index (χ1v) is 8.84. The molecule has 1 saturated heterocycles. The van der Waals surface area contributed by atoms with Crippen LogP contribution >= 0.6 is 15.9 Å². The Hall–Kier alpha value is -0.630. The van der Waals surface area contributed by atoms with Crippen LogP contribution in [0.2, 0.25) is 0 Å². The van der Waals surface area contributed by atoms with E-state index in [1.807, 2.05) is 0 Å². The fourth-order valence-corrected chi connectivity index (χ4v) is 3.76. The van der Waals surface area contributed by atoms with Crippen molar-refractivity contribution in [3.8, 4) is 5.75 Å². The highest BCUT2D eigenvalue weighted by atomic mass is 79.9. The standard InChI is InChI=1S/C13H19BrN2O3S/c1-19-13-7-11(4-5-12(13)14)20(17,18)16-9-10-3-2-6-15-8-10/h4-5,7,10,15-16H,2-3,6,8-9H2,1H3/t10-/m0/s1. The van der Waals surface area contributed by atoms with Gasteiger partial charge in [-0.2, -0.15) is 0 Å². The van der Waals surface area contributed by atoms with Gasteiger partial charge in [0.2, 0.25) is 10.0 Å². The van der Waals surface area contributed by atoms with Gasteiger partial charge in [-0.05, 0) is 59.9 Å². The normalized spacial score (nSPS) is 19.8. The van der Waals surface area contributed by atoms with E-state index in [4.69, 9.17) is 4.74 Å². The molecule has 0 saturated carbocycles. The lowest BCUT2D eigenvalue weighted by molar-refractivity contribution is 0.375. The summed E-state index contributed by atoms with van der Waals surface area (Å²) in [6.45, 7) is 2.35. The third kappa shape index (κ3) is 3.94. The van der Waals surface area contributed by atoms with Gasteiger partial charge in [0.1, 0.15) is 5.75 Å². The molecule has 1 aliphatic heterocycles. The lowest BCUT2D eigenvalue weighted by atomic mass is 10.0. The van der Waals surface area contributed by atoms with Crippen molar-refractivity contribution in [3.05, 3.63) is 22.7 Å². The van der Waals surface area contributed by atoms with Crippen LogP contribution < -0.4 is 14.8 Å². The van der Waals surface area contributed by atoms with Gasteiger partial charge in [-0.3, -0.25) is 0 Å². The Balaban J connectivity index is 2.05. The van der Waals surface area contributed by atoms with Crippen LogP contribution in [0.3, 0.4) is 0 Å². The van der Waals surface area contributed by atoms with E-state index in [9.17, 15) is 8.42 Å². The molecular weight excluding hydrogens is 344 g/mol. The fourth-order valence-electron chi connectivity index (χ4n) is 2.22. The highest BCUT2D eigenvalue weighted by molar-refractivity contribution is 9.10. The van der Waals surface area contributed by atoms with Crippen molar-refractivity contribution >= 4 is 26.0 Å². The van der Waals surface area contributed by atoms with E-state index < -0.39 is 10.0 Å². The number of nitrogens with one attached hydrogen (secondary N) is 2. The van der Waals surface area contributed by atoms with E-state index in [-0.39, 0.29) is 4.90 Å². The Bertz CT molecular complexity index is 557. The molecule has 0 aromatic heterocycles. The number of hydrogen-bond acceptors (Lipinski definition) is 4. The number of hydrogen-bond donors (Lipinski definition) is 2. The molecule has 2 rings (SSSR count). The maximum atomic E-state index is 12.3. The molecule has 0 unspecified atom stereocenters. The quantitative estimate of drug-likeness (QED) is 0.836. The summed E-state index contributed by atoms with van der Waals surface area (Å²) in [4.78, 5) is 0.223. The van der Waals surface area contributed by atoms with Crippen LogP contribution in [-0.2, 0) is 10.0 Å². The van der Waals surface area contributed by atoms with Crippen molar-refractivity contribution < 1.29 is 13.2 Å². The summed E-state index contributed by atoms with van der Waals surface area (Å²) in [7, 11) is -1.98. The zero-order valence-electron chi connectivity index (χ0n) is 11.4. The van der Waals surface area contributed by atoms with Crippen molar-refractivity contribution in [2.45, 2.75) is 17.7 Å². The molecule has 20 heavy (non-hydrogen) atoms. The van der Waals surface area contributed by atoms with Crippen LogP contribution in [0.4, 0.5) is 0 Å². The van der Waals surface area contributed by atoms with Crippen LogP contribution in [0.15, 0.2) is 27.6 Å². The summed E-state index contributed by atoms with van der Waals surface area (Å²) < 4.78 is 33.0. The number of methoxy groups -OCH3 is 1. The van der Waals surface area contributed by atoms with E-state index in [0.717, 1.165) is 30.4 Å². The van der Waals surface area contributed by atoms with Crippen LogP contribution in [0.5, 0.6) is 5.75 Å². The minimum absolute atomic E-state index is 0.223. The zero-order valence-corrected chi connectivity index (χ0v) is 13.8. The first kappa shape index (κ1) is 15.8. The van der Waals surface area contributed by atoms with Crippen LogP contribution in [-0.4, -0.2) is 35.2 Å². The van der Waals surface area contributed by atoms with Crippen molar-refractivity contribution in [2.75, 3.05) is 26.7 Å². The molecule has 1 fully saturated rings. The van der Waals surface area contributed by atoms with Gasteiger partial charge in [0, 0.05) is 12.6 Å². The van der Waals surface area contributed by atoms with E-state index in [2.05, 4.69) is 26.0 Å². The Kier molecular flexibility index (Phi) is 5.42. The molecule has 0 radical (unpaired) electrons. The van der Waals surface area contributed by atoms with Gasteiger partial charge in [0.05, 0.1) is 16.5 Å². The molecule has 1 heterocycles. The highest BCUT2D eigenvalue weighted by Gasteiger charge is 2.19. The Morgan fingerprint density at radius 3 is 2.95 bits per heavy atom. The molecule has 112 valence electrons. The summed E-state index contributed by atoms with van der Waals surface area (Å²) >= 11 is 3.31. The number of ether oxygens (including phenoxy) is 1. The monoisotopic (exact) mass is 362 g/mol. The minimum Gasteiger partial charge on any atom is -0.496 e. The third-order valence-electron chi connectivity index (χ3n) is 3.39. The number of piperidine rings is 1. The Labute approximate surface area is 128 Å². The molecule has 2 N–H and O–H groups in total. The second-order valence-corrected chi connectivity index (χ2v) is 7.48. The summed E-state index contributed by atoms with van der Waals surface area (Å²) in [5.74, 6) is 0.864. The SMILES string of the molecule is COc1cc(S(=O)(=O)NC[C@H]2CCCNC2)ccc1Br. The van der Waals surface area contributed by atoms with Gasteiger partial charge in [0.15, 0.2) is 0 Å². The third-order valence-corrected chi connectivity index (χ3v) is 5.47. The average Bonchev–Trinajstić information content (AvgIpc) is 2.46. The number of benzene rings is 1.